The van der Waals surface area contributed by atoms with Crippen molar-refractivity contribution in [1.29, 1.82) is 0 Å². The van der Waals surface area contributed by atoms with Gasteiger partial charge in [-0.3, -0.25) is 0 Å². The molecule has 4 heteroatoms. The zero-order chi connectivity index (χ0) is 12.5. The summed E-state index contributed by atoms with van der Waals surface area (Å²) < 4.78 is 0. The van der Waals surface area contributed by atoms with Gasteiger partial charge >= 0.3 is 0 Å². The molecule has 0 saturated heterocycles. The Hall–Kier alpha value is -2.62. The number of benzene rings is 1. The number of aromatic amines is 1. The third-order valence-corrected chi connectivity index (χ3v) is 2.87. The molecule has 1 N–H and O–H groups in total. The fourth-order valence-electron chi connectivity index (χ4n) is 2.03. The minimum atomic E-state index is -1.17. The summed E-state index contributed by atoms with van der Waals surface area (Å²) in [4.78, 5) is 18.1. The van der Waals surface area contributed by atoms with Crippen molar-refractivity contribution < 1.29 is 9.90 Å². The van der Waals surface area contributed by atoms with Crippen LogP contribution in [0.3, 0.4) is 0 Å². The van der Waals surface area contributed by atoms with E-state index in [2.05, 4.69) is 9.97 Å². The number of fused-ring (bicyclic) bond motifs is 1. The number of hydrogen-bond donors (Lipinski definition) is 1. The van der Waals surface area contributed by atoms with Crippen LogP contribution in [0.4, 0.5) is 0 Å². The maximum atomic E-state index is 10.9. The Balaban J connectivity index is 2.23. The first-order valence-electron chi connectivity index (χ1n) is 5.49. The summed E-state index contributed by atoms with van der Waals surface area (Å²) in [5, 5.41) is 11.8. The molecule has 2 aromatic heterocycles. The lowest BCUT2D eigenvalue weighted by Gasteiger charge is -2.07. The predicted octanol–water partition coefficient (Wildman–Crippen LogP) is 1.59. The molecular weight excluding hydrogens is 228 g/mol. The second-order valence-corrected chi connectivity index (χ2v) is 3.97. The average molecular weight is 237 g/mol. The first-order chi connectivity index (χ1) is 8.75. The van der Waals surface area contributed by atoms with Gasteiger partial charge in [0.05, 0.1) is 5.97 Å². The lowest BCUT2D eigenvalue weighted by atomic mass is 10.0. The minimum absolute atomic E-state index is 0.174. The van der Waals surface area contributed by atoms with E-state index >= 15 is 0 Å². The van der Waals surface area contributed by atoms with Crippen LogP contribution in [0.2, 0.25) is 0 Å². The number of carboxylic acid groups (broad SMARTS) is 1. The number of aromatic carboxylic acids is 1. The van der Waals surface area contributed by atoms with Gasteiger partial charge in [-0.1, -0.05) is 18.2 Å². The SMILES string of the molecule is O=C([O-])c1cccc(-c2ccnc3[nH]ccc23)c1. The number of carbonyl (C=O) groups is 1. The number of carbonyl (C=O) groups excluding carboxylic acids is 1. The van der Waals surface area contributed by atoms with Gasteiger partial charge in [-0.2, -0.15) is 0 Å². The minimum Gasteiger partial charge on any atom is -0.545 e. The van der Waals surface area contributed by atoms with Gasteiger partial charge < -0.3 is 14.9 Å². The number of nitrogens with one attached hydrogen (secondary N) is 1. The molecule has 0 fully saturated rings. The molecular formula is C14H9N2O2-. The van der Waals surface area contributed by atoms with E-state index in [-0.39, 0.29) is 5.56 Å². The van der Waals surface area contributed by atoms with Gasteiger partial charge in [-0.15, -0.1) is 0 Å². The van der Waals surface area contributed by atoms with Crippen molar-refractivity contribution >= 4 is 17.0 Å². The van der Waals surface area contributed by atoms with Crippen molar-refractivity contribution in [2.75, 3.05) is 0 Å². The molecule has 0 amide bonds. The second-order valence-electron chi connectivity index (χ2n) is 3.97. The van der Waals surface area contributed by atoms with Gasteiger partial charge in [0, 0.05) is 17.8 Å². The fraction of sp³-hybridized carbons (Fsp3) is 0. The molecule has 0 aliphatic rings. The molecule has 0 radical (unpaired) electrons. The summed E-state index contributed by atoms with van der Waals surface area (Å²) in [5.74, 6) is -1.17. The topological polar surface area (TPSA) is 68.8 Å². The Morgan fingerprint density at radius 2 is 2.11 bits per heavy atom. The Kier molecular flexibility index (Phi) is 2.34. The lowest BCUT2D eigenvalue weighted by molar-refractivity contribution is -0.255. The van der Waals surface area contributed by atoms with Gasteiger partial charge in [0.1, 0.15) is 5.65 Å². The number of carboxylic acids is 1. The molecule has 0 spiro atoms. The first kappa shape index (κ1) is 10.5. The Morgan fingerprint density at radius 3 is 2.94 bits per heavy atom. The van der Waals surface area contributed by atoms with E-state index in [0.717, 1.165) is 22.2 Å². The van der Waals surface area contributed by atoms with Gasteiger partial charge in [-0.25, -0.2) is 4.98 Å². The van der Waals surface area contributed by atoms with Crippen molar-refractivity contribution in [1.82, 2.24) is 9.97 Å². The van der Waals surface area contributed by atoms with Crippen molar-refractivity contribution in [3.05, 3.63) is 54.4 Å². The molecule has 1 aromatic carbocycles. The molecule has 88 valence electrons. The number of H-pyrrole nitrogens is 1. The molecule has 2 heterocycles. The summed E-state index contributed by atoms with van der Waals surface area (Å²) in [6.07, 6.45) is 3.50. The van der Waals surface area contributed by atoms with Crippen LogP contribution in [0.5, 0.6) is 0 Å². The van der Waals surface area contributed by atoms with Crippen LogP contribution in [0.1, 0.15) is 10.4 Å². The summed E-state index contributed by atoms with van der Waals surface area (Å²) in [7, 11) is 0. The highest BCUT2D eigenvalue weighted by molar-refractivity contribution is 5.95. The number of pyridine rings is 1. The van der Waals surface area contributed by atoms with E-state index in [1.807, 2.05) is 24.4 Å². The number of aromatic nitrogens is 2. The molecule has 4 nitrogen and oxygen atoms in total. The molecule has 18 heavy (non-hydrogen) atoms. The lowest BCUT2D eigenvalue weighted by Crippen LogP contribution is -2.22. The van der Waals surface area contributed by atoms with Crippen LogP contribution < -0.4 is 5.11 Å². The van der Waals surface area contributed by atoms with Crippen LogP contribution in [0.25, 0.3) is 22.2 Å². The molecule has 0 saturated carbocycles. The largest absolute Gasteiger partial charge is 0.545 e. The quantitative estimate of drug-likeness (QED) is 0.735. The standard InChI is InChI=1S/C14H10N2O2/c17-14(18)10-3-1-2-9(8-10)11-4-6-15-13-12(11)5-7-16-13/h1-8H,(H,15,16)(H,17,18)/p-1. The third kappa shape index (κ3) is 1.64. The highest BCUT2D eigenvalue weighted by Gasteiger charge is 2.05. The van der Waals surface area contributed by atoms with E-state index in [1.165, 1.54) is 6.07 Å². The number of rotatable bonds is 2. The van der Waals surface area contributed by atoms with E-state index in [9.17, 15) is 9.90 Å². The number of hydrogen-bond acceptors (Lipinski definition) is 3. The van der Waals surface area contributed by atoms with Crippen LogP contribution in [0, 0.1) is 0 Å². The maximum Gasteiger partial charge on any atom is 0.137 e. The Bertz CT molecular complexity index is 731. The summed E-state index contributed by atoms with van der Waals surface area (Å²) in [5.41, 5.74) is 2.74. The second kappa shape index (κ2) is 4.00. The smallest absolute Gasteiger partial charge is 0.137 e. The number of nitrogens with zero attached hydrogens (tertiary/aromatic N) is 1. The molecule has 3 rings (SSSR count). The average Bonchev–Trinajstić information content (AvgIpc) is 2.87. The van der Waals surface area contributed by atoms with Gasteiger partial charge in [0.2, 0.25) is 0 Å². The zero-order valence-corrected chi connectivity index (χ0v) is 9.38. The van der Waals surface area contributed by atoms with Crippen molar-refractivity contribution in [3.63, 3.8) is 0 Å². The van der Waals surface area contributed by atoms with Crippen molar-refractivity contribution in [3.8, 4) is 11.1 Å². The van der Waals surface area contributed by atoms with Crippen molar-refractivity contribution in [2.24, 2.45) is 0 Å². The predicted molar refractivity (Wildman–Crippen MR) is 65.9 cm³/mol. The van der Waals surface area contributed by atoms with Crippen molar-refractivity contribution in [2.45, 2.75) is 0 Å². The van der Waals surface area contributed by atoms with Gasteiger partial charge in [0.25, 0.3) is 0 Å². The highest BCUT2D eigenvalue weighted by Crippen LogP contribution is 2.27. The van der Waals surface area contributed by atoms with Crippen LogP contribution >= 0.6 is 0 Å². The van der Waals surface area contributed by atoms with Crippen LogP contribution in [0.15, 0.2) is 48.8 Å². The third-order valence-electron chi connectivity index (χ3n) is 2.87. The fourth-order valence-corrected chi connectivity index (χ4v) is 2.03. The first-order valence-corrected chi connectivity index (χ1v) is 5.49. The molecule has 0 unspecified atom stereocenters. The Labute approximate surface area is 103 Å². The van der Waals surface area contributed by atoms with Gasteiger partial charge in [-0.05, 0) is 34.9 Å². The van der Waals surface area contributed by atoms with Gasteiger partial charge in [0.15, 0.2) is 0 Å². The van der Waals surface area contributed by atoms with Crippen LogP contribution in [-0.4, -0.2) is 15.9 Å². The molecule has 3 aromatic rings. The zero-order valence-electron chi connectivity index (χ0n) is 9.38. The maximum absolute atomic E-state index is 10.9. The molecule has 0 aliphatic carbocycles. The van der Waals surface area contributed by atoms with E-state index < -0.39 is 5.97 Å². The van der Waals surface area contributed by atoms with E-state index in [4.69, 9.17) is 0 Å². The molecule has 0 atom stereocenters. The van der Waals surface area contributed by atoms with Crippen LogP contribution in [-0.2, 0) is 0 Å². The molecule has 0 bridgehead atoms. The summed E-state index contributed by atoms with van der Waals surface area (Å²) in [6, 6.07) is 10.5. The Morgan fingerprint density at radius 1 is 1.22 bits per heavy atom. The molecule has 0 aliphatic heterocycles. The monoisotopic (exact) mass is 237 g/mol. The van der Waals surface area contributed by atoms with E-state index in [0.29, 0.717) is 0 Å². The highest BCUT2D eigenvalue weighted by atomic mass is 16.4. The summed E-state index contributed by atoms with van der Waals surface area (Å²) in [6.45, 7) is 0. The summed E-state index contributed by atoms with van der Waals surface area (Å²) >= 11 is 0. The van der Waals surface area contributed by atoms with E-state index in [1.54, 1.807) is 18.3 Å². The normalized spacial score (nSPS) is 10.7.